The van der Waals surface area contributed by atoms with E-state index >= 15 is 0 Å². The van der Waals surface area contributed by atoms with Crippen LogP contribution >= 0.6 is 47.8 Å². The van der Waals surface area contributed by atoms with Gasteiger partial charge in [0.05, 0.1) is 11.4 Å². The standard InChI is InChI=1S/C23H14Br3N/c24-19-8-6-16(7-9-19)23-13-18(17-10-20(25)14-21(26)11-17)12-22(27-23)15-4-2-1-3-5-15/h1-14H. The first-order chi connectivity index (χ1) is 13.1. The molecule has 0 saturated heterocycles. The summed E-state index contributed by atoms with van der Waals surface area (Å²) in [5.41, 5.74) is 6.37. The number of rotatable bonds is 3. The fourth-order valence-electron chi connectivity index (χ4n) is 2.94. The van der Waals surface area contributed by atoms with Crippen LogP contribution in [0.4, 0.5) is 0 Å². The van der Waals surface area contributed by atoms with Crippen molar-refractivity contribution in [1.29, 1.82) is 0 Å². The van der Waals surface area contributed by atoms with E-state index in [9.17, 15) is 0 Å². The van der Waals surface area contributed by atoms with Gasteiger partial charge < -0.3 is 0 Å². The molecule has 1 aromatic heterocycles. The Labute approximate surface area is 183 Å². The number of benzene rings is 3. The molecule has 3 aromatic carbocycles. The van der Waals surface area contributed by atoms with Gasteiger partial charge in [0.15, 0.2) is 0 Å². The Bertz CT molecular complexity index is 1070. The van der Waals surface area contributed by atoms with Crippen molar-refractivity contribution < 1.29 is 0 Å². The van der Waals surface area contributed by atoms with Crippen LogP contribution in [0.2, 0.25) is 0 Å². The number of hydrogen-bond acceptors (Lipinski definition) is 1. The molecule has 4 heteroatoms. The van der Waals surface area contributed by atoms with Gasteiger partial charge in [0.25, 0.3) is 0 Å². The predicted molar refractivity (Wildman–Crippen MR) is 124 cm³/mol. The van der Waals surface area contributed by atoms with Gasteiger partial charge >= 0.3 is 0 Å². The average Bonchev–Trinajstić information content (AvgIpc) is 2.68. The second-order valence-corrected chi connectivity index (χ2v) is 8.90. The van der Waals surface area contributed by atoms with Gasteiger partial charge in [0.1, 0.15) is 0 Å². The second kappa shape index (κ2) is 8.09. The van der Waals surface area contributed by atoms with Gasteiger partial charge in [0, 0.05) is 24.5 Å². The number of halogens is 3. The molecule has 0 fully saturated rings. The Morgan fingerprint density at radius 2 is 0.963 bits per heavy atom. The highest BCUT2D eigenvalue weighted by molar-refractivity contribution is 9.11. The van der Waals surface area contributed by atoms with E-state index < -0.39 is 0 Å². The van der Waals surface area contributed by atoms with E-state index in [1.54, 1.807) is 0 Å². The summed E-state index contributed by atoms with van der Waals surface area (Å²) >= 11 is 10.7. The molecule has 0 radical (unpaired) electrons. The van der Waals surface area contributed by atoms with Crippen LogP contribution in [-0.4, -0.2) is 4.98 Å². The SMILES string of the molecule is Brc1ccc(-c2cc(-c3cc(Br)cc(Br)c3)cc(-c3ccccc3)n2)cc1. The third-order valence-electron chi connectivity index (χ3n) is 4.23. The van der Waals surface area contributed by atoms with Gasteiger partial charge in [-0.1, -0.05) is 90.3 Å². The topological polar surface area (TPSA) is 12.9 Å². The highest BCUT2D eigenvalue weighted by Gasteiger charge is 2.10. The van der Waals surface area contributed by atoms with Crippen molar-refractivity contribution >= 4 is 47.8 Å². The molecule has 132 valence electrons. The van der Waals surface area contributed by atoms with Crippen LogP contribution in [0.1, 0.15) is 0 Å². The van der Waals surface area contributed by atoms with Crippen LogP contribution in [0, 0.1) is 0 Å². The summed E-state index contributed by atoms with van der Waals surface area (Å²) in [5.74, 6) is 0. The van der Waals surface area contributed by atoms with Gasteiger partial charge in [-0.05, 0) is 53.6 Å². The van der Waals surface area contributed by atoms with E-state index in [1.165, 1.54) is 0 Å². The monoisotopic (exact) mass is 541 g/mol. The maximum Gasteiger partial charge on any atom is 0.0715 e. The minimum atomic E-state index is 0.954. The van der Waals surface area contributed by atoms with Crippen LogP contribution in [-0.2, 0) is 0 Å². The summed E-state index contributed by atoms with van der Waals surface area (Å²) in [6.07, 6.45) is 0. The fourth-order valence-corrected chi connectivity index (χ4v) is 4.50. The largest absolute Gasteiger partial charge is 0.248 e. The zero-order valence-corrected chi connectivity index (χ0v) is 18.9. The Kier molecular flexibility index (Phi) is 5.58. The molecular weight excluding hydrogens is 530 g/mol. The first kappa shape index (κ1) is 18.6. The van der Waals surface area contributed by atoms with E-state index in [0.29, 0.717) is 0 Å². The zero-order chi connectivity index (χ0) is 18.8. The lowest BCUT2D eigenvalue weighted by Crippen LogP contribution is -1.91. The first-order valence-corrected chi connectivity index (χ1v) is 10.8. The van der Waals surface area contributed by atoms with E-state index in [2.05, 4.69) is 96.3 Å². The average molecular weight is 544 g/mol. The molecule has 0 aliphatic rings. The van der Waals surface area contributed by atoms with E-state index in [0.717, 1.165) is 47.1 Å². The van der Waals surface area contributed by atoms with E-state index in [4.69, 9.17) is 4.98 Å². The summed E-state index contributed by atoms with van der Waals surface area (Å²) in [4.78, 5) is 4.94. The molecule has 0 spiro atoms. The number of nitrogens with zero attached hydrogens (tertiary/aromatic N) is 1. The fraction of sp³-hybridized carbons (Fsp3) is 0. The molecule has 1 heterocycles. The molecule has 1 nitrogen and oxygen atoms in total. The first-order valence-electron chi connectivity index (χ1n) is 8.38. The highest BCUT2D eigenvalue weighted by Crippen LogP contribution is 2.33. The van der Waals surface area contributed by atoms with E-state index in [1.807, 2.05) is 36.4 Å². The maximum absolute atomic E-state index is 4.94. The molecule has 0 aliphatic carbocycles. The molecule has 0 atom stereocenters. The lowest BCUT2D eigenvalue weighted by molar-refractivity contribution is 1.32. The molecule has 4 rings (SSSR count). The van der Waals surface area contributed by atoms with Crippen LogP contribution in [0.25, 0.3) is 33.6 Å². The van der Waals surface area contributed by atoms with Crippen molar-refractivity contribution in [2.24, 2.45) is 0 Å². The maximum atomic E-state index is 4.94. The molecule has 0 N–H and O–H groups in total. The van der Waals surface area contributed by atoms with Gasteiger partial charge in [-0.3, -0.25) is 0 Å². The Morgan fingerprint density at radius 3 is 1.56 bits per heavy atom. The summed E-state index contributed by atoms with van der Waals surface area (Å²) in [6, 6.07) is 29.1. The quantitative estimate of drug-likeness (QED) is 0.253. The molecule has 4 aromatic rings. The summed E-state index contributed by atoms with van der Waals surface area (Å²) in [6.45, 7) is 0. The lowest BCUT2D eigenvalue weighted by Gasteiger charge is -2.11. The Balaban J connectivity index is 1.92. The minimum Gasteiger partial charge on any atom is -0.248 e. The normalized spacial score (nSPS) is 10.8. The van der Waals surface area contributed by atoms with Crippen molar-refractivity contribution in [3.8, 4) is 33.6 Å². The van der Waals surface area contributed by atoms with Crippen LogP contribution < -0.4 is 0 Å². The third kappa shape index (κ3) is 4.40. The van der Waals surface area contributed by atoms with Crippen molar-refractivity contribution in [2.75, 3.05) is 0 Å². The van der Waals surface area contributed by atoms with Gasteiger partial charge in [-0.15, -0.1) is 0 Å². The molecule has 27 heavy (non-hydrogen) atoms. The van der Waals surface area contributed by atoms with Crippen LogP contribution in [0.3, 0.4) is 0 Å². The van der Waals surface area contributed by atoms with Crippen LogP contribution in [0.5, 0.6) is 0 Å². The molecule has 0 aliphatic heterocycles. The van der Waals surface area contributed by atoms with Gasteiger partial charge in [0.2, 0.25) is 0 Å². The molecular formula is C23H14Br3N. The zero-order valence-electron chi connectivity index (χ0n) is 14.2. The van der Waals surface area contributed by atoms with E-state index in [-0.39, 0.29) is 0 Å². The summed E-state index contributed by atoms with van der Waals surface area (Å²) in [7, 11) is 0. The van der Waals surface area contributed by atoms with Crippen molar-refractivity contribution in [2.45, 2.75) is 0 Å². The smallest absolute Gasteiger partial charge is 0.0715 e. The Morgan fingerprint density at radius 1 is 0.444 bits per heavy atom. The number of hydrogen-bond donors (Lipinski definition) is 0. The highest BCUT2D eigenvalue weighted by atomic mass is 79.9. The summed E-state index contributed by atoms with van der Waals surface area (Å²) in [5, 5.41) is 0. The number of pyridine rings is 1. The van der Waals surface area contributed by atoms with Crippen molar-refractivity contribution in [3.05, 3.63) is 98.3 Å². The second-order valence-electron chi connectivity index (χ2n) is 6.16. The molecule has 0 amide bonds. The van der Waals surface area contributed by atoms with Gasteiger partial charge in [-0.2, -0.15) is 0 Å². The summed E-state index contributed by atoms with van der Waals surface area (Å²) < 4.78 is 3.13. The van der Waals surface area contributed by atoms with Crippen LogP contribution in [0.15, 0.2) is 98.3 Å². The predicted octanol–water partition coefficient (Wildman–Crippen LogP) is 8.37. The Hall–Kier alpha value is -1.75. The molecule has 0 unspecified atom stereocenters. The van der Waals surface area contributed by atoms with Gasteiger partial charge in [-0.25, -0.2) is 4.98 Å². The van der Waals surface area contributed by atoms with Crippen molar-refractivity contribution in [1.82, 2.24) is 4.98 Å². The van der Waals surface area contributed by atoms with Crippen molar-refractivity contribution in [3.63, 3.8) is 0 Å². The molecule has 0 bridgehead atoms. The lowest BCUT2D eigenvalue weighted by atomic mass is 10.00. The number of aromatic nitrogens is 1. The minimum absolute atomic E-state index is 0.954. The molecule has 0 saturated carbocycles. The third-order valence-corrected chi connectivity index (χ3v) is 5.68.